The van der Waals surface area contributed by atoms with E-state index < -0.39 is 29.6 Å². The van der Waals surface area contributed by atoms with Gasteiger partial charge >= 0.3 is 0 Å². The smallest absolute Gasteiger partial charge is 0.246 e. The van der Waals surface area contributed by atoms with Gasteiger partial charge in [0.25, 0.3) is 0 Å². The molecule has 3 saturated heterocycles. The van der Waals surface area contributed by atoms with Gasteiger partial charge in [0.2, 0.25) is 17.7 Å². The number of piperidine rings is 1. The van der Waals surface area contributed by atoms with E-state index in [4.69, 9.17) is 16.3 Å². The van der Waals surface area contributed by atoms with Crippen LogP contribution in [0.25, 0.3) is 0 Å². The normalized spacial score (nSPS) is 33.8. The predicted molar refractivity (Wildman–Crippen MR) is 154 cm³/mol. The third-order valence-electron chi connectivity index (χ3n) is 9.60. The number of hydrogen-bond donors (Lipinski definition) is 2. The molecule has 5 aliphatic rings. The molecule has 216 valence electrons. The lowest BCUT2D eigenvalue weighted by Crippen LogP contribution is -2.56. The lowest BCUT2D eigenvalue weighted by molar-refractivity contribution is -0.141. The van der Waals surface area contributed by atoms with Crippen molar-refractivity contribution in [1.29, 1.82) is 0 Å². The van der Waals surface area contributed by atoms with Crippen LogP contribution in [-0.4, -0.2) is 77.5 Å². The fourth-order valence-corrected chi connectivity index (χ4v) is 7.87. The first-order chi connectivity index (χ1) is 19.4. The van der Waals surface area contributed by atoms with Gasteiger partial charge in [-0.25, -0.2) is 0 Å². The van der Waals surface area contributed by atoms with E-state index in [2.05, 4.69) is 22.5 Å². The van der Waals surface area contributed by atoms with Gasteiger partial charge in [-0.3, -0.25) is 14.4 Å². The van der Waals surface area contributed by atoms with Crippen molar-refractivity contribution in [2.75, 3.05) is 31.5 Å². The van der Waals surface area contributed by atoms with Gasteiger partial charge in [-0.2, -0.15) is 0 Å². The Balaban J connectivity index is 1.23. The van der Waals surface area contributed by atoms with Crippen LogP contribution in [0.4, 0.5) is 5.69 Å². The number of carbonyl (C=O) groups is 3. The molecule has 1 saturated carbocycles. The molecule has 3 amide bonds. The molecule has 6 atom stereocenters. The van der Waals surface area contributed by atoms with Crippen LogP contribution in [0.15, 0.2) is 36.4 Å². The number of amides is 3. The van der Waals surface area contributed by atoms with Crippen molar-refractivity contribution in [3.05, 3.63) is 41.4 Å². The van der Waals surface area contributed by atoms with E-state index in [1.165, 1.54) is 19.3 Å². The molecule has 0 unspecified atom stereocenters. The lowest BCUT2D eigenvalue weighted by atomic mass is 9.74. The number of nitrogens with zero attached hydrogens (tertiary/aromatic N) is 2. The molecule has 0 radical (unpaired) electrons. The lowest BCUT2D eigenvalue weighted by Gasteiger charge is -2.35. The zero-order valence-electron chi connectivity index (χ0n) is 23.3. The molecule has 0 aromatic heterocycles. The molecule has 4 heterocycles. The highest BCUT2D eigenvalue weighted by Crippen LogP contribution is 2.55. The Morgan fingerprint density at radius 3 is 2.58 bits per heavy atom. The maximum atomic E-state index is 14.1. The first-order valence-corrected chi connectivity index (χ1v) is 15.5. The van der Waals surface area contributed by atoms with Gasteiger partial charge in [0.15, 0.2) is 0 Å². The van der Waals surface area contributed by atoms with Gasteiger partial charge < -0.3 is 25.2 Å². The third kappa shape index (κ3) is 5.19. The largest absolute Gasteiger partial charge is 0.359 e. The third-order valence-corrected chi connectivity index (χ3v) is 9.85. The van der Waals surface area contributed by atoms with Crippen LogP contribution in [0.1, 0.15) is 58.3 Å². The number of fused-ring (bicyclic) bond motifs is 1. The van der Waals surface area contributed by atoms with E-state index in [0.717, 1.165) is 51.7 Å². The Hall–Kier alpha value is -2.42. The van der Waals surface area contributed by atoms with Crippen molar-refractivity contribution in [2.24, 2.45) is 17.8 Å². The maximum absolute atomic E-state index is 14.1. The Bertz CT molecular complexity index is 1150. The number of rotatable bonds is 8. The highest BCUT2D eigenvalue weighted by Gasteiger charge is 2.72. The summed E-state index contributed by atoms with van der Waals surface area (Å²) in [5.74, 6) is -1.33. The molecular weight excluding hydrogens is 528 g/mol. The molecule has 8 nitrogen and oxygen atoms in total. The summed E-state index contributed by atoms with van der Waals surface area (Å²) in [7, 11) is 0. The van der Waals surface area contributed by atoms with Crippen LogP contribution in [0, 0.1) is 17.8 Å². The molecule has 2 N–H and O–H groups in total. The number of hydrogen-bond acceptors (Lipinski definition) is 5. The average molecular weight is 569 g/mol. The van der Waals surface area contributed by atoms with Crippen molar-refractivity contribution < 1.29 is 19.1 Å². The summed E-state index contributed by atoms with van der Waals surface area (Å²) in [6, 6.07) is 6.26. The van der Waals surface area contributed by atoms with Crippen LogP contribution in [0.2, 0.25) is 5.02 Å². The van der Waals surface area contributed by atoms with Crippen LogP contribution in [-0.2, 0) is 19.1 Å². The van der Waals surface area contributed by atoms with Gasteiger partial charge in [-0.15, -0.1) is 0 Å². The summed E-state index contributed by atoms with van der Waals surface area (Å²) in [4.78, 5) is 45.9. The fraction of sp³-hybridized carbons (Fsp3) is 0.645. The number of anilines is 1. The predicted octanol–water partition coefficient (Wildman–Crippen LogP) is 4.00. The molecule has 1 spiro atoms. The zero-order valence-corrected chi connectivity index (χ0v) is 24.1. The van der Waals surface area contributed by atoms with Crippen LogP contribution in [0.5, 0.6) is 0 Å². The number of halogens is 1. The van der Waals surface area contributed by atoms with E-state index in [9.17, 15) is 14.4 Å². The summed E-state index contributed by atoms with van der Waals surface area (Å²) in [5, 5.41) is 6.80. The van der Waals surface area contributed by atoms with Crippen LogP contribution < -0.4 is 10.6 Å². The highest BCUT2D eigenvalue weighted by atomic mass is 35.5. The standard InChI is InChI=1S/C31H41ClN4O4/c1-20-7-5-16-35(19-20)17-6-18-36-27(29(38)34-22-8-3-2-4-9-22)31-15-14-24(40-31)25(26(31)30(36)39)28(37)33-23-12-10-21(32)11-13-23/h10-15,20,22,24-27H,2-9,16-19H2,1H3,(H,33,37)(H,34,38)/t20-,24+,25+,26+,27-,31+/m1/s1. The van der Waals surface area contributed by atoms with Crippen molar-refractivity contribution in [1.82, 2.24) is 15.1 Å². The van der Waals surface area contributed by atoms with Crippen molar-refractivity contribution in [2.45, 2.75) is 82.1 Å². The summed E-state index contributed by atoms with van der Waals surface area (Å²) in [6.45, 7) is 5.81. The minimum absolute atomic E-state index is 0.120. The van der Waals surface area contributed by atoms with Crippen molar-refractivity contribution in [3.63, 3.8) is 0 Å². The number of benzene rings is 1. The fourth-order valence-electron chi connectivity index (χ4n) is 7.75. The molecule has 2 bridgehead atoms. The molecule has 1 aromatic carbocycles. The van der Waals surface area contributed by atoms with Gasteiger partial charge in [0.05, 0.1) is 17.9 Å². The quantitative estimate of drug-likeness (QED) is 0.463. The number of nitrogens with one attached hydrogen (secondary N) is 2. The first-order valence-electron chi connectivity index (χ1n) is 15.1. The topological polar surface area (TPSA) is 91.0 Å². The minimum Gasteiger partial charge on any atom is -0.359 e. The zero-order chi connectivity index (χ0) is 27.9. The minimum atomic E-state index is -1.12. The first kappa shape index (κ1) is 27.7. The second-order valence-electron chi connectivity index (χ2n) is 12.5. The second kappa shape index (κ2) is 11.5. The Morgan fingerprint density at radius 2 is 1.82 bits per heavy atom. The summed E-state index contributed by atoms with van der Waals surface area (Å²) in [5.41, 5.74) is -0.512. The summed E-state index contributed by atoms with van der Waals surface area (Å²) >= 11 is 6.01. The molecule has 4 fully saturated rings. The van der Waals surface area contributed by atoms with Crippen LogP contribution >= 0.6 is 11.6 Å². The van der Waals surface area contributed by atoms with E-state index in [1.54, 1.807) is 29.2 Å². The van der Waals surface area contributed by atoms with E-state index in [1.807, 2.05) is 12.2 Å². The maximum Gasteiger partial charge on any atom is 0.246 e. The Labute approximate surface area is 241 Å². The molecule has 9 heteroatoms. The number of likely N-dealkylation sites (tertiary alicyclic amines) is 2. The average Bonchev–Trinajstić information content (AvgIpc) is 3.58. The molecule has 1 aromatic rings. The summed E-state index contributed by atoms with van der Waals surface area (Å²) < 4.78 is 6.48. The molecule has 40 heavy (non-hydrogen) atoms. The van der Waals surface area contributed by atoms with Crippen LogP contribution in [0.3, 0.4) is 0 Å². The number of carbonyl (C=O) groups excluding carboxylic acids is 3. The molecule has 1 aliphatic carbocycles. The molecule has 4 aliphatic heterocycles. The van der Waals surface area contributed by atoms with E-state index >= 15 is 0 Å². The monoisotopic (exact) mass is 568 g/mol. The van der Waals surface area contributed by atoms with Gasteiger partial charge in [0, 0.05) is 29.8 Å². The summed E-state index contributed by atoms with van der Waals surface area (Å²) in [6.07, 6.45) is 11.8. The van der Waals surface area contributed by atoms with E-state index in [0.29, 0.717) is 23.2 Å². The molecular formula is C31H41ClN4O4. The Morgan fingerprint density at radius 1 is 1.05 bits per heavy atom. The van der Waals surface area contributed by atoms with Gasteiger partial charge in [0.1, 0.15) is 11.6 Å². The van der Waals surface area contributed by atoms with Crippen molar-refractivity contribution >= 4 is 35.0 Å². The Kier molecular flexibility index (Phi) is 7.94. The molecule has 6 rings (SSSR count). The van der Waals surface area contributed by atoms with E-state index in [-0.39, 0.29) is 23.8 Å². The highest BCUT2D eigenvalue weighted by molar-refractivity contribution is 6.30. The van der Waals surface area contributed by atoms with Gasteiger partial charge in [-0.05, 0) is 75.4 Å². The van der Waals surface area contributed by atoms with Gasteiger partial charge in [-0.1, -0.05) is 49.9 Å². The van der Waals surface area contributed by atoms with Crippen molar-refractivity contribution in [3.8, 4) is 0 Å². The SMILES string of the molecule is C[C@@H]1CCCN(CCCN2C(=O)[C@@H]3[C@@H](C(=O)Nc4ccc(Cl)cc4)[C@@H]4C=C[C@@]3(O4)[C@H]2C(=O)NC2CCCCC2)C1. The number of ether oxygens (including phenoxy) is 1. The second-order valence-corrected chi connectivity index (χ2v) is 12.9.